The highest BCUT2D eigenvalue weighted by Crippen LogP contribution is 2.30. The van der Waals surface area contributed by atoms with Gasteiger partial charge in [0.1, 0.15) is 5.01 Å². The fourth-order valence-electron chi connectivity index (χ4n) is 2.00. The summed E-state index contributed by atoms with van der Waals surface area (Å²) in [6, 6.07) is 8.34. The molecule has 0 fully saturated rings. The molecule has 0 aliphatic rings. The number of aromatic nitrogens is 1. The maximum absolute atomic E-state index is 5.89. The van der Waals surface area contributed by atoms with Gasteiger partial charge in [-0.25, -0.2) is 4.98 Å². The Kier molecular flexibility index (Phi) is 5.90. The highest BCUT2D eigenvalue weighted by molar-refractivity contribution is 7.98. The lowest BCUT2D eigenvalue weighted by Crippen LogP contribution is -2.17. The Morgan fingerprint density at radius 2 is 2.05 bits per heavy atom. The number of thiazole rings is 1. The molecule has 0 bridgehead atoms. The van der Waals surface area contributed by atoms with Gasteiger partial charge in [0.25, 0.3) is 0 Å². The molecular weight excluding hydrogens is 308 g/mol. The van der Waals surface area contributed by atoms with E-state index in [1.807, 2.05) is 23.5 Å². The summed E-state index contributed by atoms with van der Waals surface area (Å²) in [6.07, 6.45) is 0. The van der Waals surface area contributed by atoms with Crippen LogP contribution in [-0.4, -0.2) is 11.5 Å². The largest absolute Gasteiger partial charge is 0.310 e. The van der Waals surface area contributed by atoms with Crippen LogP contribution in [0.4, 0.5) is 0 Å². The number of nitrogens with one attached hydrogen (secondary N) is 1. The molecule has 0 saturated carbocycles. The summed E-state index contributed by atoms with van der Waals surface area (Å²) in [5, 5.41) is 5.41. The number of hydrogen-bond donors (Lipinski definition) is 1. The second kappa shape index (κ2) is 7.46. The predicted octanol–water partition coefficient (Wildman–Crippen LogP) is 5.07. The number of halogens is 1. The molecule has 20 heavy (non-hydrogen) atoms. The van der Waals surface area contributed by atoms with Gasteiger partial charge in [-0.15, -0.1) is 23.1 Å². The standard InChI is InChI=1S/C15H19ClN2S2/c1-4-17-10(2)15-11(3)18-14(20-15)9-19-13-7-5-12(16)6-8-13/h5-8,10,17H,4,9H2,1-3H3. The van der Waals surface area contributed by atoms with Crippen molar-refractivity contribution in [1.29, 1.82) is 0 Å². The van der Waals surface area contributed by atoms with Gasteiger partial charge in [0, 0.05) is 20.8 Å². The van der Waals surface area contributed by atoms with Gasteiger partial charge in [0.2, 0.25) is 0 Å². The quantitative estimate of drug-likeness (QED) is 0.750. The van der Waals surface area contributed by atoms with E-state index in [0.717, 1.165) is 23.0 Å². The van der Waals surface area contributed by atoms with Crippen LogP contribution < -0.4 is 5.32 Å². The van der Waals surface area contributed by atoms with E-state index in [2.05, 4.69) is 43.2 Å². The van der Waals surface area contributed by atoms with Gasteiger partial charge < -0.3 is 5.32 Å². The summed E-state index contributed by atoms with van der Waals surface area (Å²) >= 11 is 9.50. The number of rotatable bonds is 6. The molecule has 0 aliphatic carbocycles. The fraction of sp³-hybridized carbons (Fsp3) is 0.400. The SMILES string of the molecule is CCNC(C)c1sc(CSc2ccc(Cl)cc2)nc1C. The Morgan fingerprint density at radius 1 is 1.35 bits per heavy atom. The monoisotopic (exact) mass is 326 g/mol. The smallest absolute Gasteiger partial charge is 0.103 e. The van der Waals surface area contributed by atoms with Crippen LogP contribution in [0.2, 0.25) is 5.02 Å². The molecule has 2 nitrogen and oxygen atoms in total. The van der Waals surface area contributed by atoms with E-state index in [1.54, 1.807) is 11.8 Å². The molecule has 0 saturated heterocycles. The van der Waals surface area contributed by atoms with E-state index in [9.17, 15) is 0 Å². The number of thioether (sulfide) groups is 1. The first-order valence-corrected chi connectivity index (χ1v) is 8.86. The summed E-state index contributed by atoms with van der Waals surface area (Å²) in [5.74, 6) is 0.909. The molecule has 1 atom stereocenters. The summed E-state index contributed by atoms with van der Waals surface area (Å²) in [6.45, 7) is 7.40. The van der Waals surface area contributed by atoms with E-state index in [4.69, 9.17) is 11.6 Å². The van der Waals surface area contributed by atoms with Crippen molar-refractivity contribution in [3.63, 3.8) is 0 Å². The van der Waals surface area contributed by atoms with Crippen LogP contribution in [0, 0.1) is 6.92 Å². The lowest BCUT2D eigenvalue weighted by atomic mass is 10.2. The molecule has 1 aromatic heterocycles. The van der Waals surface area contributed by atoms with E-state index < -0.39 is 0 Å². The Hall–Kier alpha value is -0.550. The summed E-state index contributed by atoms with van der Waals surface area (Å²) in [5.41, 5.74) is 1.15. The molecular formula is C15H19ClN2S2. The first kappa shape index (κ1) is 15.8. The first-order chi connectivity index (χ1) is 9.60. The van der Waals surface area contributed by atoms with Gasteiger partial charge in [-0.1, -0.05) is 18.5 Å². The fourth-order valence-corrected chi connectivity index (χ4v) is 4.12. The Morgan fingerprint density at radius 3 is 2.70 bits per heavy atom. The molecule has 1 heterocycles. The second-order valence-electron chi connectivity index (χ2n) is 4.58. The minimum absolute atomic E-state index is 0.381. The summed E-state index contributed by atoms with van der Waals surface area (Å²) in [7, 11) is 0. The Labute approximate surface area is 134 Å². The van der Waals surface area contributed by atoms with Crippen molar-refractivity contribution < 1.29 is 0 Å². The van der Waals surface area contributed by atoms with Crippen LogP contribution in [-0.2, 0) is 5.75 Å². The van der Waals surface area contributed by atoms with E-state index >= 15 is 0 Å². The van der Waals surface area contributed by atoms with Crippen molar-refractivity contribution in [2.45, 2.75) is 37.5 Å². The minimum Gasteiger partial charge on any atom is -0.310 e. The van der Waals surface area contributed by atoms with Crippen LogP contribution in [0.5, 0.6) is 0 Å². The average molecular weight is 327 g/mol. The number of aryl methyl sites for hydroxylation is 1. The third kappa shape index (κ3) is 4.22. The van der Waals surface area contributed by atoms with Crippen molar-refractivity contribution in [1.82, 2.24) is 10.3 Å². The van der Waals surface area contributed by atoms with Crippen molar-refractivity contribution in [2.75, 3.05) is 6.54 Å². The normalized spacial score (nSPS) is 12.6. The second-order valence-corrected chi connectivity index (χ2v) is 7.18. The van der Waals surface area contributed by atoms with Gasteiger partial charge >= 0.3 is 0 Å². The van der Waals surface area contributed by atoms with E-state index in [0.29, 0.717) is 6.04 Å². The maximum Gasteiger partial charge on any atom is 0.103 e. The van der Waals surface area contributed by atoms with Crippen LogP contribution >= 0.6 is 34.7 Å². The molecule has 1 unspecified atom stereocenters. The summed E-state index contributed by atoms with van der Waals surface area (Å²) < 4.78 is 0. The zero-order chi connectivity index (χ0) is 14.5. The lowest BCUT2D eigenvalue weighted by molar-refractivity contribution is 0.603. The molecule has 0 spiro atoms. The highest BCUT2D eigenvalue weighted by atomic mass is 35.5. The predicted molar refractivity (Wildman–Crippen MR) is 90.0 cm³/mol. The molecule has 108 valence electrons. The first-order valence-electron chi connectivity index (χ1n) is 6.68. The van der Waals surface area contributed by atoms with Gasteiger partial charge in [-0.2, -0.15) is 0 Å². The molecule has 1 N–H and O–H groups in total. The molecule has 0 aliphatic heterocycles. The van der Waals surface area contributed by atoms with Crippen molar-refractivity contribution in [3.8, 4) is 0 Å². The third-order valence-corrected chi connectivity index (χ3v) is 5.75. The molecule has 5 heteroatoms. The van der Waals surface area contributed by atoms with Crippen LogP contribution in [0.3, 0.4) is 0 Å². The van der Waals surface area contributed by atoms with Crippen LogP contribution in [0.15, 0.2) is 29.2 Å². The van der Waals surface area contributed by atoms with Crippen LogP contribution in [0.25, 0.3) is 0 Å². The van der Waals surface area contributed by atoms with Gasteiger partial charge in [0.15, 0.2) is 0 Å². The van der Waals surface area contributed by atoms with E-state index in [-0.39, 0.29) is 0 Å². The number of hydrogen-bond acceptors (Lipinski definition) is 4. The van der Waals surface area contributed by atoms with Crippen LogP contribution in [0.1, 0.15) is 35.5 Å². The summed E-state index contributed by atoms with van der Waals surface area (Å²) in [4.78, 5) is 7.25. The van der Waals surface area contributed by atoms with Gasteiger partial charge in [-0.05, 0) is 44.7 Å². The molecule has 2 aromatic rings. The Bertz CT molecular complexity index is 552. The Balaban J connectivity index is 2.00. The van der Waals surface area contributed by atoms with Crippen molar-refractivity contribution >= 4 is 34.7 Å². The topological polar surface area (TPSA) is 24.9 Å². The van der Waals surface area contributed by atoms with Gasteiger partial charge in [0.05, 0.1) is 11.4 Å². The number of nitrogens with zero attached hydrogens (tertiary/aromatic N) is 1. The third-order valence-electron chi connectivity index (χ3n) is 2.96. The molecule has 2 rings (SSSR count). The zero-order valence-electron chi connectivity index (χ0n) is 11.9. The molecule has 0 radical (unpaired) electrons. The highest BCUT2D eigenvalue weighted by Gasteiger charge is 2.13. The average Bonchev–Trinajstić information content (AvgIpc) is 2.80. The number of benzene rings is 1. The van der Waals surface area contributed by atoms with Crippen molar-refractivity contribution in [2.24, 2.45) is 0 Å². The molecule has 0 amide bonds. The van der Waals surface area contributed by atoms with Gasteiger partial charge in [-0.3, -0.25) is 0 Å². The minimum atomic E-state index is 0.381. The lowest BCUT2D eigenvalue weighted by Gasteiger charge is -2.09. The zero-order valence-corrected chi connectivity index (χ0v) is 14.3. The maximum atomic E-state index is 5.89. The van der Waals surface area contributed by atoms with Crippen molar-refractivity contribution in [3.05, 3.63) is 44.9 Å². The molecule has 1 aromatic carbocycles. The van der Waals surface area contributed by atoms with E-state index in [1.165, 1.54) is 14.8 Å².